The van der Waals surface area contributed by atoms with Gasteiger partial charge in [0.05, 0.1) is 5.69 Å². The van der Waals surface area contributed by atoms with Gasteiger partial charge in [0.25, 0.3) is 0 Å². The number of para-hydroxylation sites is 2. The SMILES string of the molecule is c1ccc(Nc2cccc3c2oc2c(C4C5CC6CC(C5)CC4C6)cc4ccccc4c23)cc1. The fourth-order valence-electron chi connectivity index (χ4n) is 8.13. The predicted molar refractivity (Wildman–Crippen MR) is 141 cm³/mol. The van der Waals surface area contributed by atoms with Gasteiger partial charge in [-0.2, -0.15) is 0 Å². The molecular formula is C32H29NO. The summed E-state index contributed by atoms with van der Waals surface area (Å²) in [4.78, 5) is 0. The maximum Gasteiger partial charge on any atom is 0.158 e. The van der Waals surface area contributed by atoms with Crippen LogP contribution in [0.15, 0.2) is 83.3 Å². The van der Waals surface area contributed by atoms with Crippen LogP contribution in [0.25, 0.3) is 32.7 Å². The third-order valence-electron chi connectivity index (χ3n) is 9.16. The van der Waals surface area contributed by atoms with Gasteiger partial charge < -0.3 is 9.73 Å². The normalized spacial score (nSPS) is 27.7. The van der Waals surface area contributed by atoms with Crippen molar-refractivity contribution in [1.82, 2.24) is 0 Å². The fourth-order valence-corrected chi connectivity index (χ4v) is 8.13. The number of rotatable bonds is 3. The highest BCUT2D eigenvalue weighted by Gasteiger charge is 2.49. The zero-order chi connectivity index (χ0) is 22.2. The molecule has 4 saturated carbocycles. The Morgan fingerprint density at radius 2 is 1.35 bits per heavy atom. The molecule has 4 aliphatic rings. The van der Waals surface area contributed by atoms with Crippen LogP contribution < -0.4 is 5.32 Å². The van der Waals surface area contributed by atoms with Crippen molar-refractivity contribution in [2.24, 2.45) is 23.7 Å². The summed E-state index contributed by atoms with van der Waals surface area (Å²) in [6, 6.07) is 28.3. The van der Waals surface area contributed by atoms with Crippen LogP contribution in [0.3, 0.4) is 0 Å². The highest BCUT2D eigenvalue weighted by atomic mass is 16.3. The first-order chi connectivity index (χ1) is 16.8. The van der Waals surface area contributed by atoms with Gasteiger partial charge >= 0.3 is 0 Å². The molecule has 0 amide bonds. The highest BCUT2D eigenvalue weighted by Crippen LogP contribution is 2.61. The van der Waals surface area contributed by atoms with Crippen molar-refractivity contribution >= 4 is 44.1 Å². The second-order valence-electron chi connectivity index (χ2n) is 11.1. The Kier molecular flexibility index (Phi) is 4.00. The van der Waals surface area contributed by atoms with Gasteiger partial charge in [-0.1, -0.05) is 54.6 Å². The second-order valence-corrected chi connectivity index (χ2v) is 11.1. The summed E-state index contributed by atoms with van der Waals surface area (Å²) < 4.78 is 6.89. The van der Waals surface area contributed by atoms with Gasteiger partial charge in [0.2, 0.25) is 0 Å². The Hall–Kier alpha value is -3.26. The Bertz CT molecular complexity index is 1520. The molecule has 0 unspecified atom stereocenters. The molecule has 1 aromatic heterocycles. The van der Waals surface area contributed by atoms with Gasteiger partial charge in [-0.05, 0) is 102 Å². The average Bonchev–Trinajstić information content (AvgIpc) is 3.25. The molecule has 4 fully saturated rings. The number of hydrogen-bond donors (Lipinski definition) is 1. The van der Waals surface area contributed by atoms with E-state index in [2.05, 4.69) is 84.2 Å². The largest absolute Gasteiger partial charge is 0.454 e. The summed E-state index contributed by atoms with van der Waals surface area (Å²) in [5.74, 6) is 4.26. The molecule has 4 bridgehead atoms. The first kappa shape index (κ1) is 19.1. The molecule has 34 heavy (non-hydrogen) atoms. The Morgan fingerprint density at radius 3 is 2.15 bits per heavy atom. The van der Waals surface area contributed by atoms with Gasteiger partial charge in [0, 0.05) is 16.5 Å². The van der Waals surface area contributed by atoms with E-state index in [4.69, 9.17) is 4.42 Å². The van der Waals surface area contributed by atoms with Crippen LogP contribution in [0.1, 0.15) is 43.6 Å². The summed E-state index contributed by atoms with van der Waals surface area (Å²) in [6.45, 7) is 0. The quantitative estimate of drug-likeness (QED) is 0.301. The molecule has 1 N–H and O–H groups in total. The second kappa shape index (κ2) is 7.12. The minimum absolute atomic E-state index is 0.644. The minimum atomic E-state index is 0.644. The Balaban J connectivity index is 1.38. The number of nitrogens with one attached hydrogen (secondary N) is 1. The Labute approximate surface area is 200 Å². The number of benzene rings is 4. The average molecular weight is 444 g/mol. The molecule has 0 aliphatic heterocycles. The van der Waals surface area contributed by atoms with Crippen molar-refractivity contribution in [2.75, 3.05) is 5.32 Å². The minimum Gasteiger partial charge on any atom is -0.454 e. The fraction of sp³-hybridized carbons (Fsp3) is 0.312. The van der Waals surface area contributed by atoms with E-state index < -0.39 is 0 Å². The van der Waals surface area contributed by atoms with Crippen LogP contribution in [0.5, 0.6) is 0 Å². The molecular weight excluding hydrogens is 414 g/mol. The molecule has 2 heteroatoms. The van der Waals surface area contributed by atoms with Crippen molar-refractivity contribution in [1.29, 1.82) is 0 Å². The van der Waals surface area contributed by atoms with Crippen molar-refractivity contribution in [2.45, 2.75) is 38.0 Å². The highest BCUT2D eigenvalue weighted by molar-refractivity contribution is 6.21. The summed E-state index contributed by atoms with van der Waals surface area (Å²) in [5, 5.41) is 8.79. The Morgan fingerprint density at radius 1 is 0.647 bits per heavy atom. The van der Waals surface area contributed by atoms with E-state index >= 15 is 0 Å². The third kappa shape index (κ3) is 2.75. The smallest absolute Gasteiger partial charge is 0.158 e. The maximum absolute atomic E-state index is 6.89. The summed E-state index contributed by atoms with van der Waals surface area (Å²) >= 11 is 0. The molecule has 4 aromatic carbocycles. The van der Waals surface area contributed by atoms with Crippen LogP contribution in [0.2, 0.25) is 0 Å². The lowest BCUT2D eigenvalue weighted by atomic mass is 9.50. The van der Waals surface area contributed by atoms with E-state index in [1.807, 2.05) is 0 Å². The number of furan rings is 1. The van der Waals surface area contributed by atoms with Crippen LogP contribution in [-0.2, 0) is 0 Å². The van der Waals surface area contributed by atoms with Gasteiger partial charge in [-0.25, -0.2) is 0 Å². The van der Waals surface area contributed by atoms with Crippen molar-refractivity contribution in [3.63, 3.8) is 0 Å². The summed E-state index contributed by atoms with van der Waals surface area (Å²) in [7, 11) is 0. The molecule has 2 nitrogen and oxygen atoms in total. The van der Waals surface area contributed by atoms with Crippen LogP contribution in [0.4, 0.5) is 11.4 Å². The molecule has 0 radical (unpaired) electrons. The van der Waals surface area contributed by atoms with Crippen molar-refractivity contribution < 1.29 is 4.42 Å². The standard InChI is InChI=1S/C32H29NO/c1-2-8-24(9-3-1)33-28-12-6-11-26-30-25-10-5-4-7-21(25)18-27(32(30)34-31(26)28)29-22-14-19-13-20(16-22)17-23(29)15-19/h1-12,18-20,22-23,29,33H,13-17H2. The molecule has 0 saturated heterocycles. The zero-order valence-corrected chi connectivity index (χ0v) is 19.3. The molecule has 168 valence electrons. The molecule has 0 spiro atoms. The molecule has 5 aromatic rings. The van der Waals surface area contributed by atoms with Gasteiger partial charge in [0.15, 0.2) is 5.58 Å². The van der Waals surface area contributed by atoms with Crippen LogP contribution in [0, 0.1) is 23.7 Å². The lowest BCUT2D eigenvalue weighted by molar-refractivity contribution is -0.00253. The maximum atomic E-state index is 6.89. The summed E-state index contributed by atoms with van der Waals surface area (Å²) in [6.07, 6.45) is 7.19. The molecule has 4 aliphatic carbocycles. The number of anilines is 2. The van der Waals surface area contributed by atoms with Crippen molar-refractivity contribution in [3.05, 3.63) is 84.4 Å². The van der Waals surface area contributed by atoms with E-state index in [-0.39, 0.29) is 0 Å². The molecule has 0 atom stereocenters. The monoisotopic (exact) mass is 443 g/mol. The van der Waals surface area contributed by atoms with Crippen LogP contribution in [-0.4, -0.2) is 0 Å². The lowest BCUT2D eigenvalue weighted by Crippen LogP contribution is -2.43. The van der Waals surface area contributed by atoms with E-state index in [0.717, 1.165) is 46.2 Å². The topological polar surface area (TPSA) is 25.2 Å². The van der Waals surface area contributed by atoms with E-state index in [0.29, 0.717) is 5.92 Å². The number of hydrogen-bond acceptors (Lipinski definition) is 2. The first-order valence-electron chi connectivity index (χ1n) is 13.0. The van der Waals surface area contributed by atoms with Gasteiger partial charge in [0.1, 0.15) is 5.58 Å². The van der Waals surface area contributed by atoms with Crippen LogP contribution >= 0.6 is 0 Å². The van der Waals surface area contributed by atoms with E-state index in [9.17, 15) is 0 Å². The zero-order valence-electron chi connectivity index (χ0n) is 19.3. The molecule has 9 rings (SSSR count). The van der Waals surface area contributed by atoms with Gasteiger partial charge in [-0.3, -0.25) is 0 Å². The van der Waals surface area contributed by atoms with Gasteiger partial charge in [-0.15, -0.1) is 0 Å². The lowest BCUT2D eigenvalue weighted by Gasteiger charge is -2.54. The number of fused-ring (bicyclic) bond motifs is 5. The first-order valence-corrected chi connectivity index (χ1v) is 13.0. The van der Waals surface area contributed by atoms with Crippen molar-refractivity contribution in [3.8, 4) is 0 Å². The van der Waals surface area contributed by atoms with E-state index in [1.54, 1.807) is 0 Å². The summed E-state index contributed by atoms with van der Waals surface area (Å²) in [5.41, 5.74) is 5.71. The van der Waals surface area contributed by atoms with E-state index in [1.165, 1.54) is 59.2 Å². The molecule has 1 heterocycles. The third-order valence-corrected chi connectivity index (χ3v) is 9.16. The predicted octanol–water partition coefficient (Wildman–Crippen LogP) is 9.02.